The van der Waals surface area contributed by atoms with Gasteiger partial charge in [-0.15, -0.1) is 10.2 Å². The molecular weight excluding hydrogens is 717 g/mol. The average molecular weight is 763 g/mol. The minimum absolute atomic E-state index is 0.0855. The number of aromatic nitrogens is 2. The Labute approximate surface area is 324 Å². The number of anilines is 3. The maximum Gasteiger partial charge on any atom is 0.320 e. The molecule has 0 radical (unpaired) electrons. The zero-order chi connectivity index (χ0) is 38.7. The number of amides is 6. The quantitative estimate of drug-likeness (QED) is 0.324. The highest BCUT2D eigenvalue weighted by Crippen LogP contribution is 2.37. The summed E-state index contributed by atoms with van der Waals surface area (Å²) in [6.07, 6.45) is 2.20. The van der Waals surface area contributed by atoms with E-state index in [0.717, 1.165) is 61.8 Å². The van der Waals surface area contributed by atoms with Gasteiger partial charge >= 0.3 is 6.03 Å². The fourth-order valence-corrected chi connectivity index (χ4v) is 9.34. The van der Waals surface area contributed by atoms with Gasteiger partial charge in [0.25, 0.3) is 11.8 Å². The number of nitrogens with one attached hydrogen (secondary N) is 2. The molecule has 7 heterocycles. The number of carbonyl (C=O) groups excluding carboxylic acids is 5. The number of imide groups is 2. The summed E-state index contributed by atoms with van der Waals surface area (Å²) < 4.78 is 0. The number of phenolic OH excluding ortho intramolecular Hbond substituents is 1. The van der Waals surface area contributed by atoms with Crippen LogP contribution < -0.4 is 20.4 Å². The van der Waals surface area contributed by atoms with E-state index < -0.39 is 29.7 Å². The van der Waals surface area contributed by atoms with Gasteiger partial charge in [-0.05, 0) is 68.5 Å². The summed E-state index contributed by atoms with van der Waals surface area (Å²) in [6, 6.07) is 13.7. The second-order valence-corrected chi connectivity index (χ2v) is 15.8. The van der Waals surface area contributed by atoms with Gasteiger partial charge in [-0.1, -0.05) is 12.1 Å². The van der Waals surface area contributed by atoms with Crippen molar-refractivity contribution in [3.05, 3.63) is 59.7 Å². The number of hydrogen-bond acceptors (Lipinski definition) is 12. The number of piperidine rings is 2. The molecule has 0 spiro atoms. The lowest BCUT2D eigenvalue weighted by atomic mass is 9.95. The van der Waals surface area contributed by atoms with Gasteiger partial charge in [-0.25, -0.2) is 4.79 Å². The van der Waals surface area contributed by atoms with E-state index in [9.17, 15) is 29.1 Å². The van der Waals surface area contributed by atoms with Crippen LogP contribution in [0.4, 0.5) is 22.0 Å². The third-order valence-corrected chi connectivity index (χ3v) is 12.4. The molecule has 0 saturated carbocycles. The van der Waals surface area contributed by atoms with Crippen LogP contribution in [0.2, 0.25) is 0 Å². The number of phenols is 1. The molecule has 292 valence electrons. The van der Waals surface area contributed by atoms with E-state index in [1.54, 1.807) is 24.3 Å². The van der Waals surface area contributed by atoms with Crippen molar-refractivity contribution in [2.24, 2.45) is 5.92 Å². The van der Waals surface area contributed by atoms with Crippen LogP contribution in [-0.4, -0.2) is 148 Å². The van der Waals surface area contributed by atoms with Crippen LogP contribution in [-0.2, 0) is 9.59 Å². The van der Waals surface area contributed by atoms with Gasteiger partial charge in [0.05, 0.1) is 28.6 Å². The van der Waals surface area contributed by atoms with Gasteiger partial charge in [0, 0.05) is 89.2 Å². The first kappa shape index (κ1) is 35.9. The van der Waals surface area contributed by atoms with Gasteiger partial charge in [-0.2, -0.15) is 0 Å². The molecule has 0 bridgehead atoms. The Morgan fingerprint density at radius 2 is 1.66 bits per heavy atom. The van der Waals surface area contributed by atoms with E-state index in [2.05, 4.69) is 42.5 Å². The Bertz CT molecular complexity index is 2100. The zero-order valence-corrected chi connectivity index (χ0v) is 31.4. The number of fused-ring (bicyclic) bond motifs is 4. The van der Waals surface area contributed by atoms with Crippen LogP contribution in [0.25, 0.3) is 11.3 Å². The number of benzene rings is 2. The van der Waals surface area contributed by atoms with Gasteiger partial charge in [-0.3, -0.25) is 34.3 Å². The third kappa shape index (κ3) is 6.44. The molecule has 16 nitrogen and oxygen atoms in total. The van der Waals surface area contributed by atoms with E-state index >= 15 is 0 Å². The fraction of sp³-hybridized carbons (Fsp3) is 0.475. The number of para-hydroxylation sites is 1. The highest BCUT2D eigenvalue weighted by atomic mass is 16.3. The van der Waals surface area contributed by atoms with Crippen LogP contribution >= 0.6 is 0 Å². The van der Waals surface area contributed by atoms with Gasteiger partial charge in [0.2, 0.25) is 11.8 Å². The van der Waals surface area contributed by atoms with E-state index in [4.69, 9.17) is 0 Å². The zero-order valence-electron chi connectivity index (χ0n) is 31.4. The Kier molecular flexibility index (Phi) is 9.22. The number of rotatable bonds is 5. The number of aromatic hydroxyl groups is 1. The standard InChI is InChI=1S/C40H46N10O6/c1-24-21-45(22-25-10-12-46(13-11-25)26-6-7-28-30(18-26)39(55)50(38(28)54)32-8-9-35(52)42-37(32)53)14-16-48(24)40(56)47-15-17-49-27(23-47)20-41-36-33(49)19-31(43-44-36)29-4-2-3-5-34(29)51/h2-7,18-19,24-25,27,32,51H,8-17,20-23H2,1H3,(H,41,44)(H,42,52,53)/t24-,27-,32?/m0/s1. The van der Waals surface area contributed by atoms with Crippen LogP contribution in [0.15, 0.2) is 48.5 Å². The molecule has 3 aromatic rings. The molecule has 2 aromatic carbocycles. The summed E-state index contributed by atoms with van der Waals surface area (Å²) in [5, 5.41) is 24.8. The lowest BCUT2D eigenvalue weighted by molar-refractivity contribution is -0.136. The first-order valence-corrected chi connectivity index (χ1v) is 19.7. The number of urea groups is 1. The van der Waals surface area contributed by atoms with Crippen molar-refractivity contribution < 1.29 is 29.1 Å². The van der Waals surface area contributed by atoms with Crippen LogP contribution in [0.5, 0.6) is 5.75 Å². The molecule has 4 saturated heterocycles. The topological polar surface area (TPSA) is 175 Å². The number of hydrogen-bond donors (Lipinski definition) is 3. The van der Waals surface area contributed by atoms with Crippen LogP contribution in [0.3, 0.4) is 0 Å². The molecule has 6 aliphatic heterocycles. The summed E-state index contributed by atoms with van der Waals surface area (Å²) in [7, 11) is 0. The van der Waals surface area contributed by atoms with Crippen molar-refractivity contribution in [2.75, 3.05) is 80.6 Å². The molecule has 3 N–H and O–H groups in total. The van der Waals surface area contributed by atoms with Crippen molar-refractivity contribution in [2.45, 2.75) is 50.7 Å². The molecule has 0 aliphatic carbocycles. The molecular formula is C40H46N10O6. The summed E-state index contributed by atoms with van der Waals surface area (Å²) >= 11 is 0. The van der Waals surface area contributed by atoms with Crippen molar-refractivity contribution in [1.29, 1.82) is 0 Å². The van der Waals surface area contributed by atoms with E-state index in [1.165, 1.54) is 0 Å². The molecule has 56 heavy (non-hydrogen) atoms. The first-order chi connectivity index (χ1) is 27.1. The van der Waals surface area contributed by atoms with E-state index in [1.807, 2.05) is 34.1 Å². The predicted octanol–water partition coefficient (Wildman–Crippen LogP) is 2.21. The Morgan fingerprint density at radius 3 is 2.45 bits per heavy atom. The normalized spacial score (nSPS) is 24.4. The Balaban J connectivity index is 0.760. The Hall–Kier alpha value is -5.77. The second-order valence-electron chi connectivity index (χ2n) is 15.8. The van der Waals surface area contributed by atoms with Crippen molar-refractivity contribution >= 4 is 46.9 Å². The highest BCUT2D eigenvalue weighted by Gasteiger charge is 2.45. The SMILES string of the molecule is C[C@H]1CN(CC2CCN(c3ccc4c(c3)C(=O)N(C3CCC(=O)NC3=O)C4=O)CC2)CCN1C(=O)N1CCN2c3cc(-c4ccccc4O)nnc3NC[C@H]2C1. The maximum atomic E-state index is 13.9. The summed E-state index contributed by atoms with van der Waals surface area (Å²) in [4.78, 5) is 76.6. The smallest absolute Gasteiger partial charge is 0.320 e. The van der Waals surface area contributed by atoms with Gasteiger partial charge in [0.1, 0.15) is 11.8 Å². The lowest BCUT2D eigenvalue weighted by Gasteiger charge is -2.48. The van der Waals surface area contributed by atoms with Crippen molar-refractivity contribution in [3.8, 4) is 17.0 Å². The molecule has 16 heteroatoms. The second kappa shape index (κ2) is 14.4. The van der Waals surface area contributed by atoms with E-state index in [-0.39, 0.29) is 36.7 Å². The summed E-state index contributed by atoms with van der Waals surface area (Å²) in [6.45, 7) is 9.66. The minimum atomic E-state index is -0.977. The molecule has 1 aromatic heterocycles. The maximum absolute atomic E-state index is 13.9. The molecule has 9 rings (SSSR count). The molecule has 6 aliphatic rings. The van der Waals surface area contributed by atoms with Gasteiger partial charge < -0.3 is 30.0 Å². The molecule has 3 atom stereocenters. The molecule has 1 unspecified atom stereocenters. The fourth-order valence-electron chi connectivity index (χ4n) is 9.34. The molecule has 6 amide bonds. The summed E-state index contributed by atoms with van der Waals surface area (Å²) in [5.41, 5.74) is 3.66. The van der Waals surface area contributed by atoms with Crippen LogP contribution in [0, 0.1) is 5.92 Å². The Morgan fingerprint density at radius 1 is 0.857 bits per heavy atom. The lowest BCUT2D eigenvalue weighted by Crippen LogP contribution is -2.63. The van der Waals surface area contributed by atoms with Crippen LogP contribution in [0.1, 0.15) is 53.3 Å². The van der Waals surface area contributed by atoms with E-state index in [0.29, 0.717) is 66.8 Å². The largest absolute Gasteiger partial charge is 0.507 e. The third-order valence-electron chi connectivity index (χ3n) is 12.4. The molecule has 4 fully saturated rings. The number of nitrogens with zero attached hydrogens (tertiary/aromatic N) is 8. The predicted molar refractivity (Wildman–Crippen MR) is 206 cm³/mol. The number of piperazine rings is 2. The van der Waals surface area contributed by atoms with Crippen molar-refractivity contribution in [3.63, 3.8) is 0 Å². The number of carbonyl (C=O) groups is 5. The first-order valence-electron chi connectivity index (χ1n) is 19.7. The summed E-state index contributed by atoms with van der Waals surface area (Å²) in [5.74, 6) is -0.604. The monoisotopic (exact) mass is 762 g/mol. The highest BCUT2D eigenvalue weighted by molar-refractivity contribution is 6.23. The average Bonchev–Trinajstić information content (AvgIpc) is 3.45. The van der Waals surface area contributed by atoms with Gasteiger partial charge in [0.15, 0.2) is 5.82 Å². The minimum Gasteiger partial charge on any atom is -0.507 e. The van der Waals surface area contributed by atoms with Crippen molar-refractivity contribution in [1.82, 2.24) is 35.1 Å².